The van der Waals surface area contributed by atoms with Crippen LogP contribution in [0, 0.1) is 5.92 Å². The van der Waals surface area contributed by atoms with Crippen molar-refractivity contribution in [2.24, 2.45) is 11.7 Å². The van der Waals surface area contributed by atoms with Crippen LogP contribution in [0.5, 0.6) is 5.75 Å². The molecule has 1 saturated carbocycles. The molecule has 2 rings (SSSR count). The molecule has 3 nitrogen and oxygen atoms in total. The quantitative estimate of drug-likeness (QED) is 0.873. The SMILES string of the molecule is NCC1CCCC1Nc1ccc(OC(F)F)c(Cl)c1. The molecule has 1 fully saturated rings. The lowest BCUT2D eigenvalue weighted by molar-refractivity contribution is -0.0497. The molecule has 1 aromatic carbocycles. The van der Waals surface area contributed by atoms with Gasteiger partial charge in [-0.15, -0.1) is 0 Å². The molecule has 6 heteroatoms. The lowest BCUT2D eigenvalue weighted by Crippen LogP contribution is -2.29. The van der Waals surface area contributed by atoms with Gasteiger partial charge in [0, 0.05) is 11.7 Å². The highest BCUT2D eigenvalue weighted by molar-refractivity contribution is 6.32. The van der Waals surface area contributed by atoms with Crippen LogP contribution in [0.1, 0.15) is 19.3 Å². The van der Waals surface area contributed by atoms with Gasteiger partial charge in [-0.05, 0) is 43.5 Å². The van der Waals surface area contributed by atoms with Crippen molar-refractivity contribution >= 4 is 17.3 Å². The predicted molar refractivity (Wildman–Crippen MR) is 71.9 cm³/mol. The maximum absolute atomic E-state index is 12.1. The standard InChI is InChI=1S/C13H17ClF2N2O/c14-10-6-9(4-5-12(10)19-13(15)16)18-11-3-1-2-8(11)7-17/h4-6,8,11,13,18H,1-3,7,17H2. The van der Waals surface area contributed by atoms with Crippen LogP contribution < -0.4 is 15.8 Å². The van der Waals surface area contributed by atoms with Crippen molar-refractivity contribution in [1.82, 2.24) is 0 Å². The number of benzene rings is 1. The number of hydrogen-bond donors (Lipinski definition) is 2. The van der Waals surface area contributed by atoms with Crippen molar-refractivity contribution in [3.8, 4) is 5.75 Å². The third-order valence-corrected chi connectivity index (χ3v) is 3.76. The molecule has 2 atom stereocenters. The fraction of sp³-hybridized carbons (Fsp3) is 0.538. The number of alkyl halides is 2. The van der Waals surface area contributed by atoms with E-state index in [1.165, 1.54) is 6.07 Å². The zero-order chi connectivity index (χ0) is 13.8. The third kappa shape index (κ3) is 3.70. The summed E-state index contributed by atoms with van der Waals surface area (Å²) in [7, 11) is 0. The highest BCUT2D eigenvalue weighted by Crippen LogP contribution is 2.32. The lowest BCUT2D eigenvalue weighted by atomic mass is 10.0. The molecule has 1 aromatic rings. The molecule has 0 spiro atoms. The second-order valence-electron chi connectivity index (χ2n) is 4.70. The third-order valence-electron chi connectivity index (χ3n) is 3.46. The van der Waals surface area contributed by atoms with E-state index in [0.29, 0.717) is 18.5 Å². The Hall–Kier alpha value is -1.07. The number of nitrogens with two attached hydrogens (primary N) is 1. The van der Waals surface area contributed by atoms with E-state index in [9.17, 15) is 8.78 Å². The fourth-order valence-corrected chi connectivity index (χ4v) is 2.73. The molecular formula is C13H17ClF2N2O. The first-order valence-electron chi connectivity index (χ1n) is 6.31. The zero-order valence-electron chi connectivity index (χ0n) is 10.4. The molecular weight excluding hydrogens is 274 g/mol. The van der Waals surface area contributed by atoms with Gasteiger partial charge in [-0.1, -0.05) is 18.0 Å². The van der Waals surface area contributed by atoms with Crippen LogP contribution >= 0.6 is 11.6 Å². The Morgan fingerprint density at radius 3 is 2.84 bits per heavy atom. The van der Waals surface area contributed by atoms with E-state index in [0.717, 1.165) is 24.9 Å². The summed E-state index contributed by atoms with van der Waals surface area (Å²) in [4.78, 5) is 0. The average molecular weight is 291 g/mol. The molecule has 2 unspecified atom stereocenters. The first-order valence-corrected chi connectivity index (χ1v) is 6.69. The van der Waals surface area contributed by atoms with E-state index in [1.54, 1.807) is 12.1 Å². The van der Waals surface area contributed by atoms with E-state index in [1.807, 2.05) is 0 Å². The topological polar surface area (TPSA) is 47.3 Å². The van der Waals surface area contributed by atoms with Gasteiger partial charge in [0.05, 0.1) is 5.02 Å². The van der Waals surface area contributed by atoms with Gasteiger partial charge in [0.1, 0.15) is 5.75 Å². The van der Waals surface area contributed by atoms with E-state index in [4.69, 9.17) is 17.3 Å². The van der Waals surface area contributed by atoms with Crippen LogP contribution in [0.2, 0.25) is 5.02 Å². The molecule has 19 heavy (non-hydrogen) atoms. The highest BCUT2D eigenvalue weighted by Gasteiger charge is 2.25. The van der Waals surface area contributed by atoms with Crippen molar-refractivity contribution < 1.29 is 13.5 Å². The summed E-state index contributed by atoms with van der Waals surface area (Å²) >= 11 is 5.91. The van der Waals surface area contributed by atoms with Gasteiger partial charge in [-0.3, -0.25) is 0 Å². The van der Waals surface area contributed by atoms with Crippen LogP contribution in [0.4, 0.5) is 14.5 Å². The van der Waals surface area contributed by atoms with Crippen molar-refractivity contribution in [2.75, 3.05) is 11.9 Å². The summed E-state index contributed by atoms with van der Waals surface area (Å²) < 4.78 is 28.5. The Morgan fingerprint density at radius 2 is 2.21 bits per heavy atom. The van der Waals surface area contributed by atoms with Gasteiger partial charge in [0.2, 0.25) is 0 Å². The highest BCUT2D eigenvalue weighted by atomic mass is 35.5. The molecule has 1 aliphatic carbocycles. The van der Waals surface area contributed by atoms with E-state index in [2.05, 4.69) is 10.1 Å². The Bertz CT molecular complexity index is 431. The maximum atomic E-state index is 12.1. The first kappa shape index (κ1) is 14.3. The van der Waals surface area contributed by atoms with Crippen molar-refractivity contribution in [3.63, 3.8) is 0 Å². The molecule has 0 radical (unpaired) electrons. The Morgan fingerprint density at radius 1 is 1.42 bits per heavy atom. The van der Waals surface area contributed by atoms with Crippen molar-refractivity contribution in [1.29, 1.82) is 0 Å². The summed E-state index contributed by atoms with van der Waals surface area (Å²) in [5.41, 5.74) is 6.52. The molecule has 0 saturated heterocycles. The second-order valence-corrected chi connectivity index (χ2v) is 5.11. The van der Waals surface area contributed by atoms with Crippen LogP contribution in [0.25, 0.3) is 0 Å². The molecule has 0 bridgehead atoms. The van der Waals surface area contributed by atoms with E-state index < -0.39 is 6.61 Å². The minimum atomic E-state index is -2.87. The van der Waals surface area contributed by atoms with Crippen LogP contribution in [-0.4, -0.2) is 19.2 Å². The average Bonchev–Trinajstić information content (AvgIpc) is 2.79. The normalized spacial score (nSPS) is 22.8. The van der Waals surface area contributed by atoms with Gasteiger partial charge >= 0.3 is 6.61 Å². The van der Waals surface area contributed by atoms with Crippen LogP contribution in [-0.2, 0) is 0 Å². The molecule has 3 N–H and O–H groups in total. The van der Waals surface area contributed by atoms with Crippen LogP contribution in [0.15, 0.2) is 18.2 Å². The van der Waals surface area contributed by atoms with E-state index >= 15 is 0 Å². The molecule has 0 aromatic heterocycles. The van der Waals surface area contributed by atoms with Crippen molar-refractivity contribution in [2.45, 2.75) is 31.9 Å². The van der Waals surface area contributed by atoms with Gasteiger partial charge in [-0.2, -0.15) is 8.78 Å². The van der Waals surface area contributed by atoms with Crippen LogP contribution in [0.3, 0.4) is 0 Å². The fourth-order valence-electron chi connectivity index (χ4n) is 2.51. The summed E-state index contributed by atoms with van der Waals surface area (Å²) in [6.07, 6.45) is 3.34. The molecule has 0 heterocycles. The summed E-state index contributed by atoms with van der Waals surface area (Å²) in [5, 5.41) is 3.53. The summed E-state index contributed by atoms with van der Waals surface area (Å²) in [6.45, 7) is -2.22. The van der Waals surface area contributed by atoms with Crippen molar-refractivity contribution in [3.05, 3.63) is 23.2 Å². The Kier molecular flexibility index (Phi) is 4.82. The number of nitrogens with one attached hydrogen (secondary N) is 1. The molecule has 0 aliphatic heterocycles. The predicted octanol–water partition coefficient (Wildman–Crippen LogP) is 3.48. The monoisotopic (exact) mass is 290 g/mol. The second kappa shape index (κ2) is 6.39. The van der Waals surface area contributed by atoms with E-state index in [-0.39, 0.29) is 10.8 Å². The molecule has 1 aliphatic rings. The van der Waals surface area contributed by atoms with Gasteiger partial charge in [0.25, 0.3) is 0 Å². The molecule has 0 amide bonds. The number of halogens is 3. The minimum Gasteiger partial charge on any atom is -0.433 e. The van der Waals surface area contributed by atoms with Gasteiger partial charge in [-0.25, -0.2) is 0 Å². The largest absolute Gasteiger partial charge is 0.433 e. The smallest absolute Gasteiger partial charge is 0.387 e. The first-order chi connectivity index (χ1) is 9.10. The maximum Gasteiger partial charge on any atom is 0.387 e. The molecule has 106 valence electrons. The number of anilines is 1. The lowest BCUT2D eigenvalue weighted by Gasteiger charge is -2.21. The summed E-state index contributed by atoms with van der Waals surface area (Å²) in [6, 6.07) is 5.06. The Balaban J connectivity index is 2.03. The van der Waals surface area contributed by atoms with Gasteiger partial charge in [0.15, 0.2) is 0 Å². The van der Waals surface area contributed by atoms with Gasteiger partial charge < -0.3 is 15.8 Å². The number of rotatable bonds is 5. The minimum absolute atomic E-state index is 0.0102. The Labute approximate surface area is 116 Å². The number of hydrogen-bond acceptors (Lipinski definition) is 3. The zero-order valence-corrected chi connectivity index (χ0v) is 11.2. The number of ether oxygens (including phenoxy) is 1. The summed E-state index contributed by atoms with van der Waals surface area (Å²) in [5.74, 6) is 0.444.